The molecular weight excluding hydrogens is 350 g/mol. The number of aliphatic imine (C=N–C) groups is 1. The Balaban J connectivity index is 1.68. The highest BCUT2D eigenvalue weighted by atomic mass is 32.1. The zero-order valence-corrected chi connectivity index (χ0v) is 14.6. The Morgan fingerprint density at radius 3 is 2.58 bits per heavy atom. The molecule has 0 aliphatic carbocycles. The largest absolute Gasteiger partial charge is 0.490 e. The highest BCUT2D eigenvalue weighted by Crippen LogP contribution is 2.31. The van der Waals surface area contributed by atoms with Crippen LogP contribution < -0.4 is 4.74 Å². The van der Waals surface area contributed by atoms with Crippen LogP contribution in [0.3, 0.4) is 0 Å². The molecule has 0 fully saturated rings. The summed E-state index contributed by atoms with van der Waals surface area (Å²) in [6.45, 7) is 4.08. The van der Waals surface area contributed by atoms with E-state index in [0.717, 1.165) is 21.8 Å². The van der Waals surface area contributed by atoms with Gasteiger partial charge in [0.1, 0.15) is 12.4 Å². The lowest BCUT2D eigenvalue weighted by Gasteiger charge is -2.02. The number of hydrogen-bond acceptors (Lipinski definition) is 6. The zero-order valence-electron chi connectivity index (χ0n) is 13.7. The van der Waals surface area contributed by atoms with E-state index in [-0.39, 0.29) is 5.69 Å². The third kappa shape index (κ3) is 4.40. The number of thiazole rings is 1. The fourth-order valence-electron chi connectivity index (χ4n) is 2.14. The molecule has 0 saturated carbocycles. The second-order valence-electron chi connectivity index (χ2n) is 5.24. The molecule has 0 aliphatic rings. The summed E-state index contributed by atoms with van der Waals surface area (Å²) in [5, 5.41) is 11.3. The number of nitrogens with zero attached hydrogens (tertiary/aromatic N) is 3. The second-order valence-corrected chi connectivity index (χ2v) is 6.25. The van der Waals surface area contributed by atoms with E-state index in [4.69, 9.17) is 4.74 Å². The summed E-state index contributed by atoms with van der Waals surface area (Å²) in [5.41, 5.74) is 1.87. The maximum atomic E-state index is 10.7. The van der Waals surface area contributed by atoms with Crippen molar-refractivity contribution in [3.8, 4) is 16.2 Å². The van der Waals surface area contributed by atoms with Crippen molar-refractivity contribution in [1.29, 1.82) is 0 Å². The van der Waals surface area contributed by atoms with Crippen molar-refractivity contribution in [2.45, 2.75) is 0 Å². The van der Waals surface area contributed by atoms with Crippen LogP contribution in [0.5, 0.6) is 5.75 Å². The summed E-state index contributed by atoms with van der Waals surface area (Å²) >= 11 is 1.42. The van der Waals surface area contributed by atoms with Crippen LogP contribution in [-0.2, 0) is 0 Å². The van der Waals surface area contributed by atoms with Gasteiger partial charge in [-0.1, -0.05) is 24.0 Å². The first-order valence-corrected chi connectivity index (χ1v) is 8.56. The highest BCUT2D eigenvalue weighted by molar-refractivity contribution is 7.18. The number of benzene rings is 2. The Kier molecular flexibility index (Phi) is 5.50. The van der Waals surface area contributed by atoms with Crippen LogP contribution in [0.25, 0.3) is 10.4 Å². The Morgan fingerprint density at radius 1 is 1.19 bits per heavy atom. The predicted octanol–water partition coefficient (Wildman–Crippen LogP) is 5.03. The molecule has 0 unspecified atom stereocenters. The van der Waals surface area contributed by atoms with Crippen LogP contribution in [-0.4, -0.2) is 22.7 Å². The molecule has 0 bridgehead atoms. The Labute approximate surface area is 154 Å². The highest BCUT2D eigenvalue weighted by Gasteiger charge is 2.07. The molecule has 0 radical (unpaired) electrons. The molecule has 3 aromatic rings. The van der Waals surface area contributed by atoms with E-state index in [2.05, 4.69) is 16.6 Å². The van der Waals surface area contributed by atoms with E-state index in [1.807, 2.05) is 24.3 Å². The fraction of sp³-hybridized carbons (Fsp3) is 0.0526. The lowest BCUT2D eigenvalue weighted by atomic mass is 10.2. The molecule has 0 aliphatic heterocycles. The maximum absolute atomic E-state index is 10.7. The zero-order chi connectivity index (χ0) is 18.4. The first-order valence-electron chi connectivity index (χ1n) is 7.74. The topological polar surface area (TPSA) is 77.6 Å². The van der Waals surface area contributed by atoms with Gasteiger partial charge >= 0.3 is 0 Å². The van der Waals surface area contributed by atoms with E-state index >= 15 is 0 Å². The minimum Gasteiger partial charge on any atom is -0.490 e. The number of hydrogen-bond donors (Lipinski definition) is 0. The van der Waals surface area contributed by atoms with Gasteiger partial charge in [0.2, 0.25) is 5.13 Å². The van der Waals surface area contributed by atoms with Gasteiger partial charge in [0, 0.05) is 24.5 Å². The quantitative estimate of drug-likeness (QED) is 0.254. The van der Waals surface area contributed by atoms with Crippen molar-refractivity contribution < 1.29 is 9.66 Å². The molecule has 0 atom stereocenters. The maximum Gasteiger partial charge on any atom is 0.269 e. The summed E-state index contributed by atoms with van der Waals surface area (Å²) in [6, 6.07) is 13.9. The second kappa shape index (κ2) is 8.17. The molecule has 0 amide bonds. The van der Waals surface area contributed by atoms with Crippen molar-refractivity contribution in [1.82, 2.24) is 4.98 Å². The number of nitro benzene ring substituents is 1. The van der Waals surface area contributed by atoms with Crippen molar-refractivity contribution in [3.05, 3.63) is 83.1 Å². The molecule has 0 spiro atoms. The molecule has 1 aromatic heterocycles. The van der Waals surface area contributed by atoms with E-state index in [1.54, 1.807) is 30.6 Å². The SMILES string of the molecule is C=CCOc1ccc(/C=N/c2ncc(-c3ccc([N+](=O)[O-])cc3)s2)cc1. The number of rotatable bonds is 7. The molecule has 0 N–H and O–H groups in total. The van der Waals surface area contributed by atoms with E-state index < -0.39 is 4.92 Å². The van der Waals surface area contributed by atoms with Crippen molar-refractivity contribution >= 4 is 28.4 Å². The monoisotopic (exact) mass is 365 g/mol. The number of non-ortho nitro benzene ring substituents is 1. The van der Waals surface area contributed by atoms with Crippen LogP contribution in [0.15, 0.2) is 72.4 Å². The van der Waals surface area contributed by atoms with Gasteiger partial charge in [-0.2, -0.15) is 0 Å². The van der Waals surface area contributed by atoms with Crippen LogP contribution >= 0.6 is 11.3 Å². The Morgan fingerprint density at radius 2 is 1.92 bits per heavy atom. The van der Waals surface area contributed by atoms with Crippen molar-refractivity contribution in [2.24, 2.45) is 4.99 Å². The van der Waals surface area contributed by atoms with Gasteiger partial charge in [0.25, 0.3) is 5.69 Å². The summed E-state index contributed by atoms with van der Waals surface area (Å²) < 4.78 is 5.43. The van der Waals surface area contributed by atoms with Crippen molar-refractivity contribution in [3.63, 3.8) is 0 Å². The summed E-state index contributed by atoms with van der Waals surface area (Å²) in [4.78, 5) is 19.8. The number of nitro groups is 1. The third-order valence-corrected chi connectivity index (χ3v) is 4.38. The fourth-order valence-corrected chi connectivity index (χ4v) is 2.91. The van der Waals surface area contributed by atoms with E-state index in [1.165, 1.54) is 23.5 Å². The van der Waals surface area contributed by atoms with Crippen LogP contribution in [0, 0.1) is 10.1 Å². The molecular formula is C19H15N3O3S. The van der Waals surface area contributed by atoms with Crippen molar-refractivity contribution in [2.75, 3.05) is 6.61 Å². The first kappa shape index (κ1) is 17.5. The molecule has 2 aromatic carbocycles. The predicted molar refractivity (Wildman–Crippen MR) is 104 cm³/mol. The average Bonchev–Trinajstić information content (AvgIpc) is 3.14. The molecule has 7 heteroatoms. The summed E-state index contributed by atoms with van der Waals surface area (Å²) in [5.74, 6) is 0.775. The third-order valence-electron chi connectivity index (χ3n) is 3.43. The molecule has 1 heterocycles. The minimum absolute atomic E-state index is 0.0667. The van der Waals surface area contributed by atoms with Gasteiger partial charge in [-0.3, -0.25) is 10.1 Å². The van der Waals surface area contributed by atoms with Gasteiger partial charge in [0.15, 0.2) is 0 Å². The lowest BCUT2D eigenvalue weighted by Crippen LogP contribution is -1.92. The van der Waals surface area contributed by atoms with Gasteiger partial charge in [0.05, 0.1) is 9.80 Å². The Bertz CT molecular complexity index is 931. The Hall–Kier alpha value is -3.32. The molecule has 26 heavy (non-hydrogen) atoms. The smallest absolute Gasteiger partial charge is 0.269 e. The molecule has 3 rings (SSSR count). The summed E-state index contributed by atoms with van der Waals surface area (Å²) in [7, 11) is 0. The van der Waals surface area contributed by atoms with Gasteiger partial charge in [-0.05, 0) is 47.5 Å². The van der Waals surface area contributed by atoms with Crippen LogP contribution in [0.2, 0.25) is 0 Å². The number of aromatic nitrogens is 1. The van der Waals surface area contributed by atoms with Gasteiger partial charge in [-0.25, -0.2) is 9.98 Å². The van der Waals surface area contributed by atoms with E-state index in [9.17, 15) is 10.1 Å². The van der Waals surface area contributed by atoms with Crippen LogP contribution in [0.4, 0.5) is 10.8 Å². The normalized spacial score (nSPS) is 10.8. The molecule has 6 nitrogen and oxygen atoms in total. The van der Waals surface area contributed by atoms with Gasteiger partial charge in [-0.15, -0.1) is 0 Å². The van der Waals surface area contributed by atoms with E-state index in [0.29, 0.717) is 11.7 Å². The molecule has 0 saturated heterocycles. The van der Waals surface area contributed by atoms with Crippen LogP contribution in [0.1, 0.15) is 5.56 Å². The summed E-state index contributed by atoms with van der Waals surface area (Å²) in [6.07, 6.45) is 5.14. The average molecular weight is 365 g/mol. The first-order chi connectivity index (χ1) is 12.7. The standard InChI is InChI=1S/C19H15N3O3S/c1-2-11-25-17-9-3-14(4-10-17)12-20-19-21-13-18(26-19)15-5-7-16(8-6-15)22(23)24/h2-10,12-13H,1,11H2/b20-12+. The molecule has 130 valence electrons. The van der Waals surface area contributed by atoms with Gasteiger partial charge < -0.3 is 4.74 Å². The minimum atomic E-state index is -0.417. The lowest BCUT2D eigenvalue weighted by molar-refractivity contribution is -0.384. The number of ether oxygens (including phenoxy) is 1.